The highest BCUT2D eigenvalue weighted by Crippen LogP contribution is 2.23. The second-order valence-electron chi connectivity index (χ2n) is 5.51. The zero-order chi connectivity index (χ0) is 15.4. The normalized spacial score (nSPS) is 12.6. The predicted molar refractivity (Wildman–Crippen MR) is 89.5 cm³/mol. The third-order valence-corrected chi connectivity index (χ3v) is 4.86. The average Bonchev–Trinajstić information content (AvgIpc) is 2.74. The van der Waals surface area contributed by atoms with Gasteiger partial charge in [0.1, 0.15) is 0 Å². The summed E-state index contributed by atoms with van der Waals surface area (Å²) in [7, 11) is 1.94. The first-order valence-electron chi connectivity index (χ1n) is 7.45. The molecule has 0 aliphatic rings. The smallest absolute Gasteiger partial charge is 0.0766 e. The van der Waals surface area contributed by atoms with Crippen LogP contribution in [0.25, 0.3) is 0 Å². The van der Waals surface area contributed by atoms with Crippen LogP contribution in [0, 0.1) is 6.92 Å². The molecule has 114 valence electrons. The third-order valence-electron chi connectivity index (χ3n) is 3.94. The Labute approximate surface area is 135 Å². The van der Waals surface area contributed by atoms with Gasteiger partial charge in [0.25, 0.3) is 0 Å². The molecular formula is C17H23BrN2O. The average molecular weight is 351 g/mol. The number of aromatic nitrogens is 2. The Morgan fingerprint density at radius 1 is 1.33 bits per heavy atom. The number of aryl methyl sites for hydroxylation is 4. The number of benzene rings is 1. The zero-order valence-electron chi connectivity index (χ0n) is 12.9. The van der Waals surface area contributed by atoms with E-state index in [2.05, 4.69) is 53.1 Å². The molecule has 1 N–H and O–H groups in total. The summed E-state index contributed by atoms with van der Waals surface area (Å²) >= 11 is 3.60. The fraction of sp³-hybridized carbons (Fsp3) is 0.471. The summed E-state index contributed by atoms with van der Waals surface area (Å²) in [5.41, 5.74) is 4.73. The quantitative estimate of drug-likeness (QED) is 0.864. The monoisotopic (exact) mass is 350 g/mol. The van der Waals surface area contributed by atoms with Crippen molar-refractivity contribution in [3.05, 3.63) is 51.3 Å². The van der Waals surface area contributed by atoms with Crippen molar-refractivity contribution in [2.45, 2.75) is 45.6 Å². The van der Waals surface area contributed by atoms with E-state index in [1.54, 1.807) is 0 Å². The third kappa shape index (κ3) is 3.95. The van der Waals surface area contributed by atoms with E-state index in [9.17, 15) is 5.11 Å². The molecule has 1 unspecified atom stereocenters. The molecule has 0 radical (unpaired) electrons. The van der Waals surface area contributed by atoms with Gasteiger partial charge in [-0.05, 0) is 53.2 Å². The molecule has 0 saturated carbocycles. The molecule has 1 aromatic carbocycles. The van der Waals surface area contributed by atoms with Gasteiger partial charge in [-0.15, -0.1) is 0 Å². The summed E-state index contributed by atoms with van der Waals surface area (Å²) in [6, 6.07) is 8.36. The van der Waals surface area contributed by atoms with E-state index in [0.29, 0.717) is 6.42 Å². The molecule has 0 spiro atoms. The first kappa shape index (κ1) is 16.2. The lowest BCUT2D eigenvalue weighted by molar-refractivity contribution is 0.162. The van der Waals surface area contributed by atoms with Crippen LogP contribution in [0.4, 0.5) is 0 Å². The minimum atomic E-state index is -0.346. The van der Waals surface area contributed by atoms with E-state index in [1.165, 1.54) is 11.1 Å². The van der Waals surface area contributed by atoms with Crippen molar-refractivity contribution < 1.29 is 5.11 Å². The summed E-state index contributed by atoms with van der Waals surface area (Å²) in [6.45, 7) is 4.21. The molecule has 0 fully saturated rings. The number of aliphatic hydroxyl groups excluding tert-OH is 1. The number of rotatable bonds is 6. The largest absolute Gasteiger partial charge is 0.393 e. The summed E-state index contributed by atoms with van der Waals surface area (Å²) in [4.78, 5) is 0. The van der Waals surface area contributed by atoms with E-state index in [-0.39, 0.29) is 6.10 Å². The van der Waals surface area contributed by atoms with Gasteiger partial charge in [0.05, 0.1) is 22.0 Å². The Hall–Kier alpha value is -1.13. The topological polar surface area (TPSA) is 38.0 Å². The Kier molecular flexibility index (Phi) is 5.59. The van der Waals surface area contributed by atoms with Crippen LogP contribution < -0.4 is 0 Å². The van der Waals surface area contributed by atoms with Crippen molar-refractivity contribution in [3.8, 4) is 0 Å². The summed E-state index contributed by atoms with van der Waals surface area (Å²) in [6.07, 6.45) is 2.86. The molecule has 0 amide bonds. The molecule has 0 aliphatic heterocycles. The molecule has 0 bridgehead atoms. The SMILES string of the molecule is CCc1nn(C)c(CC(O)CCc2ccccc2C)c1Br. The first-order valence-corrected chi connectivity index (χ1v) is 8.25. The molecule has 2 rings (SSSR count). The molecule has 0 saturated heterocycles. The first-order chi connectivity index (χ1) is 10.0. The lowest BCUT2D eigenvalue weighted by Gasteiger charge is -2.12. The van der Waals surface area contributed by atoms with Crippen LogP contribution in [0.1, 0.15) is 35.9 Å². The van der Waals surface area contributed by atoms with Crippen molar-refractivity contribution in [3.63, 3.8) is 0 Å². The standard InChI is InChI=1S/C17H23BrN2O/c1-4-15-17(18)16(20(3)19-15)11-14(21)10-9-13-8-6-5-7-12(13)2/h5-8,14,21H,4,9-11H2,1-3H3. The van der Waals surface area contributed by atoms with Crippen molar-refractivity contribution in [1.82, 2.24) is 9.78 Å². The van der Waals surface area contributed by atoms with Gasteiger partial charge in [0.2, 0.25) is 0 Å². The van der Waals surface area contributed by atoms with Crippen LogP contribution in [0.3, 0.4) is 0 Å². The molecule has 1 heterocycles. The second-order valence-corrected chi connectivity index (χ2v) is 6.30. The van der Waals surface area contributed by atoms with Gasteiger partial charge in [-0.3, -0.25) is 4.68 Å². The lowest BCUT2D eigenvalue weighted by Crippen LogP contribution is -2.14. The Morgan fingerprint density at radius 2 is 2.05 bits per heavy atom. The zero-order valence-corrected chi connectivity index (χ0v) is 14.5. The van der Waals surface area contributed by atoms with Crippen molar-refractivity contribution in [2.24, 2.45) is 7.05 Å². The van der Waals surface area contributed by atoms with E-state index in [1.807, 2.05) is 17.8 Å². The Morgan fingerprint density at radius 3 is 2.67 bits per heavy atom. The fourth-order valence-electron chi connectivity index (χ4n) is 2.58. The van der Waals surface area contributed by atoms with Gasteiger partial charge in [-0.1, -0.05) is 31.2 Å². The number of hydrogen-bond acceptors (Lipinski definition) is 2. The maximum atomic E-state index is 10.3. The summed E-state index contributed by atoms with van der Waals surface area (Å²) < 4.78 is 2.92. The number of halogens is 1. The highest BCUT2D eigenvalue weighted by molar-refractivity contribution is 9.10. The van der Waals surface area contributed by atoms with Crippen LogP contribution in [0.2, 0.25) is 0 Å². The fourth-order valence-corrected chi connectivity index (χ4v) is 3.36. The number of aliphatic hydroxyl groups is 1. The molecule has 4 heteroatoms. The highest BCUT2D eigenvalue weighted by atomic mass is 79.9. The van der Waals surface area contributed by atoms with Crippen molar-refractivity contribution >= 4 is 15.9 Å². The molecule has 3 nitrogen and oxygen atoms in total. The van der Waals surface area contributed by atoms with Gasteiger partial charge in [0, 0.05) is 13.5 Å². The van der Waals surface area contributed by atoms with Gasteiger partial charge in [0.15, 0.2) is 0 Å². The summed E-state index contributed by atoms with van der Waals surface area (Å²) in [5, 5.41) is 14.8. The van der Waals surface area contributed by atoms with Gasteiger partial charge in [-0.25, -0.2) is 0 Å². The van der Waals surface area contributed by atoms with Crippen LogP contribution in [-0.4, -0.2) is 21.0 Å². The molecule has 1 aromatic heterocycles. The van der Waals surface area contributed by atoms with Crippen LogP contribution in [0.15, 0.2) is 28.7 Å². The Bertz CT molecular complexity index is 607. The molecule has 0 aliphatic carbocycles. The van der Waals surface area contributed by atoms with E-state index in [0.717, 1.165) is 35.1 Å². The van der Waals surface area contributed by atoms with E-state index >= 15 is 0 Å². The molecular weight excluding hydrogens is 328 g/mol. The van der Waals surface area contributed by atoms with Gasteiger partial charge in [-0.2, -0.15) is 5.10 Å². The lowest BCUT2D eigenvalue weighted by atomic mass is 10.0. The van der Waals surface area contributed by atoms with Crippen LogP contribution in [0.5, 0.6) is 0 Å². The van der Waals surface area contributed by atoms with Gasteiger partial charge >= 0.3 is 0 Å². The van der Waals surface area contributed by atoms with Crippen molar-refractivity contribution in [1.29, 1.82) is 0 Å². The number of hydrogen-bond donors (Lipinski definition) is 1. The van der Waals surface area contributed by atoms with E-state index in [4.69, 9.17) is 0 Å². The molecule has 21 heavy (non-hydrogen) atoms. The van der Waals surface area contributed by atoms with Crippen molar-refractivity contribution in [2.75, 3.05) is 0 Å². The Balaban J connectivity index is 1.98. The maximum Gasteiger partial charge on any atom is 0.0766 e. The second kappa shape index (κ2) is 7.23. The van der Waals surface area contributed by atoms with E-state index < -0.39 is 0 Å². The summed E-state index contributed by atoms with van der Waals surface area (Å²) in [5.74, 6) is 0. The minimum Gasteiger partial charge on any atom is -0.393 e. The van der Waals surface area contributed by atoms with Crippen LogP contribution >= 0.6 is 15.9 Å². The predicted octanol–water partition coefficient (Wildman–Crippen LogP) is 3.59. The minimum absolute atomic E-state index is 0.346. The van der Waals surface area contributed by atoms with Gasteiger partial charge < -0.3 is 5.11 Å². The highest BCUT2D eigenvalue weighted by Gasteiger charge is 2.16. The molecule has 2 aromatic rings. The molecule has 1 atom stereocenters. The van der Waals surface area contributed by atoms with Crippen LogP contribution in [-0.2, 0) is 26.3 Å². The maximum absolute atomic E-state index is 10.3. The number of nitrogens with zero attached hydrogens (tertiary/aromatic N) is 2.